The van der Waals surface area contributed by atoms with Gasteiger partial charge in [0.05, 0.1) is 19.3 Å². The fraction of sp³-hybridized carbons (Fsp3) is 0.444. The number of piperidine rings is 1. The second-order valence-corrected chi connectivity index (χ2v) is 9.48. The minimum absolute atomic E-state index is 0.106. The highest BCUT2D eigenvalue weighted by Crippen LogP contribution is 2.34. The third kappa shape index (κ3) is 7.29. The van der Waals surface area contributed by atoms with Crippen LogP contribution in [-0.2, 0) is 27.3 Å². The minimum atomic E-state index is -0.696. The summed E-state index contributed by atoms with van der Waals surface area (Å²) >= 11 is 0. The van der Waals surface area contributed by atoms with Crippen molar-refractivity contribution in [3.05, 3.63) is 65.9 Å². The van der Waals surface area contributed by atoms with E-state index < -0.39 is 11.7 Å². The number of amides is 1. The molecule has 1 heterocycles. The molecule has 34 heavy (non-hydrogen) atoms. The normalized spacial score (nSPS) is 14.2. The van der Waals surface area contributed by atoms with Gasteiger partial charge in [0.15, 0.2) is 5.94 Å². The van der Waals surface area contributed by atoms with Gasteiger partial charge in [-0.1, -0.05) is 36.4 Å². The van der Waals surface area contributed by atoms with E-state index in [0.717, 1.165) is 60.7 Å². The molecule has 2 aromatic carbocycles. The maximum atomic E-state index is 12.6. The van der Waals surface area contributed by atoms with Gasteiger partial charge in [0, 0.05) is 13.1 Å². The van der Waals surface area contributed by atoms with Crippen molar-refractivity contribution in [2.24, 2.45) is 5.92 Å². The zero-order chi connectivity index (χ0) is 24.6. The zero-order valence-electron chi connectivity index (χ0n) is 20.5. The monoisotopic (exact) mass is 466 g/mol. The van der Waals surface area contributed by atoms with Crippen molar-refractivity contribution in [1.82, 2.24) is 5.06 Å². The minimum Gasteiger partial charge on any atom is -0.495 e. The summed E-state index contributed by atoms with van der Waals surface area (Å²) in [5.74, 6) is 2.96. The molecule has 1 aliphatic rings. The summed E-state index contributed by atoms with van der Waals surface area (Å²) < 4.78 is 11.0. The molecule has 2 aromatic rings. The third-order valence-corrected chi connectivity index (χ3v) is 5.72. The van der Waals surface area contributed by atoms with Gasteiger partial charge in [0.25, 0.3) is 0 Å². The fourth-order valence-corrected chi connectivity index (χ4v) is 4.12. The Morgan fingerprint density at radius 1 is 1.12 bits per heavy atom. The first-order valence-electron chi connectivity index (χ1n) is 11.6. The van der Waals surface area contributed by atoms with Crippen molar-refractivity contribution < 1.29 is 23.9 Å². The van der Waals surface area contributed by atoms with Crippen molar-refractivity contribution >= 4 is 17.7 Å². The van der Waals surface area contributed by atoms with Crippen molar-refractivity contribution in [1.29, 1.82) is 0 Å². The summed E-state index contributed by atoms with van der Waals surface area (Å²) in [5, 5.41) is 1.01. The zero-order valence-corrected chi connectivity index (χ0v) is 20.5. The molecule has 0 bridgehead atoms. The summed E-state index contributed by atoms with van der Waals surface area (Å²) in [6.45, 7) is 7.27. The van der Waals surface area contributed by atoms with Gasteiger partial charge >= 0.3 is 6.09 Å². The third-order valence-electron chi connectivity index (χ3n) is 5.72. The Hall–Kier alpha value is -3.44. The number of methoxy groups -OCH3 is 1. The smallest absolute Gasteiger partial charge is 0.444 e. The number of ether oxygens (including phenoxy) is 2. The Balaban J connectivity index is 1.71. The highest BCUT2D eigenvalue weighted by molar-refractivity contribution is 5.67. The maximum absolute atomic E-state index is 12.6. The Kier molecular flexibility index (Phi) is 8.61. The van der Waals surface area contributed by atoms with Crippen LogP contribution in [0.3, 0.4) is 0 Å². The van der Waals surface area contributed by atoms with E-state index in [0.29, 0.717) is 5.92 Å². The van der Waals surface area contributed by atoms with Crippen LogP contribution in [0.15, 0.2) is 54.8 Å². The van der Waals surface area contributed by atoms with Gasteiger partial charge in [-0.2, -0.15) is 0 Å². The molecule has 0 saturated carbocycles. The van der Waals surface area contributed by atoms with Gasteiger partial charge in [0.2, 0.25) is 6.26 Å². The molecule has 0 aliphatic carbocycles. The first-order valence-corrected chi connectivity index (χ1v) is 11.6. The van der Waals surface area contributed by atoms with Gasteiger partial charge < -0.3 is 19.2 Å². The van der Waals surface area contributed by atoms with E-state index in [-0.39, 0.29) is 6.54 Å². The first kappa shape index (κ1) is 25.2. The second kappa shape index (κ2) is 11.6. The van der Waals surface area contributed by atoms with Crippen LogP contribution in [0, 0.1) is 5.92 Å². The van der Waals surface area contributed by atoms with Crippen LogP contribution in [0.4, 0.5) is 10.5 Å². The number of anilines is 1. The lowest BCUT2D eigenvalue weighted by molar-refractivity contribution is -0.107. The van der Waals surface area contributed by atoms with Gasteiger partial charge in [-0.3, -0.25) is 0 Å². The Bertz CT molecular complexity index is 988. The first-order chi connectivity index (χ1) is 16.3. The van der Waals surface area contributed by atoms with Crippen LogP contribution in [0.5, 0.6) is 5.75 Å². The van der Waals surface area contributed by atoms with E-state index >= 15 is 0 Å². The van der Waals surface area contributed by atoms with E-state index in [2.05, 4.69) is 35.2 Å². The van der Waals surface area contributed by atoms with Crippen LogP contribution >= 0.6 is 0 Å². The van der Waals surface area contributed by atoms with Gasteiger partial charge in [-0.05, 0) is 69.2 Å². The van der Waals surface area contributed by atoms with E-state index in [1.807, 2.05) is 18.2 Å². The molecule has 0 unspecified atom stereocenters. The molecule has 0 N–H and O–H groups in total. The summed E-state index contributed by atoms with van der Waals surface area (Å²) in [5.41, 5.74) is 2.49. The molecule has 0 spiro atoms. The Morgan fingerprint density at radius 2 is 1.82 bits per heavy atom. The maximum Gasteiger partial charge on any atom is 0.444 e. The molecule has 1 aliphatic heterocycles. The van der Waals surface area contributed by atoms with E-state index in [4.69, 9.17) is 14.3 Å². The van der Waals surface area contributed by atoms with Crippen LogP contribution in [-0.4, -0.2) is 42.9 Å². The lowest BCUT2D eigenvalue weighted by Crippen LogP contribution is -2.36. The number of nitrogens with zero attached hydrogens (tertiary/aromatic N) is 2. The quantitative estimate of drug-likeness (QED) is 0.304. The largest absolute Gasteiger partial charge is 0.495 e. The van der Waals surface area contributed by atoms with Crippen LogP contribution in [0.1, 0.15) is 44.7 Å². The number of benzene rings is 2. The molecule has 7 nitrogen and oxygen atoms in total. The second-order valence-electron chi connectivity index (χ2n) is 9.48. The fourth-order valence-electron chi connectivity index (χ4n) is 4.12. The van der Waals surface area contributed by atoms with Crippen molar-refractivity contribution in [3.8, 4) is 5.75 Å². The number of rotatable bonds is 8. The van der Waals surface area contributed by atoms with Gasteiger partial charge in [-0.25, -0.2) is 9.59 Å². The summed E-state index contributed by atoms with van der Waals surface area (Å²) in [4.78, 5) is 30.7. The number of hydroxylamine groups is 2. The Labute approximate surface area is 201 Å². The summed E-state index contributed by atoms with van der Waals surface area (Å²) in [7, 11) is 1.66. The molecule has 1 fully saturated rings. The van der Waals surface area contributed by atoms with Crippen LogP contribution in [0.2, 0.25) is 0 Å². The topological polar surface area (TPSA) is 68.3 Å². The van der Waals surface area contributed by atoms with Gasteiger partial charge in [-0.15, -0.1) is 5.06 Å². The number of hydrogen-bond donors (Lipinski definition) is 0. The molecule has 0 aromatic heterocycles. The number of hydrogen-bond acceptors (Lipinski definition) is 6. The lowest BCUT2D eigenvalue weighted by atomic mass is 9.90. The highest BCUT2D eigenvalue weighted by Gasteiger charge is 2.25. The molecule has 1 amide bonds. The molecule has 3 rings (SSSR count). The van der Waals surface area contributed by atoms with Crippen molar-refractivity contribution in [2.45, 2.75) is 52.2 Å². The molecular formula is C27H34N2O5. The van der Waals surface area contributed by atoms with E-state index in [9.17, 15) is 9.59 Å². The SMILES string of the molecule is COc1ccc(CN(OC=C=O)C(=O)OC(C)(C)C)cc1N1CCC(Cc2ccccc2)CC1. The average Bonchev–Trinajstić information content (AvgIpc) is 2.81. The number of carbonyl (C=O) groups is 1. The number of carbonyl (C=O) groups excluding carboxylic acids is 2. The van der Waals surface area contributed by atoms with Gasteiger partial charge in [0.1, 0.15) is 11.4 Å². The molecule has 1 saturated heterocycles. The predicted molar refractivity (Wildman–Crippen MR) is 131 cm³/mol. The molecule has 182 valence electrons. The highest BCUT2D eigenvalue weighted by atomic mass is 16.7. The molecule has 0 atom stereocenters. The average molecular weight is 467 g/mol. The molecule has 7 heteroatoms. The Morgan fingerprint density at radius 3 is 2.44 bits per heavy atom. The predicted octanol–water partition coefficient (Wildman–Crippen LogP) is 5.17. The van der Waals surface area contributed by atoms with E-state index in [1.165, 1.54) is 11.5 Å². The van der Waals surface area contributed by atoms with Crippen molar-refractivity contribution in [2.75, 3.05) is 25.1 Å². The standard InChI is InChI=1S/C27H34N2O5/c1-27(2,3)34-26(31)29(33-17-16-30)20-23-10-11-25(32-4)24(19-23)28-14-12-22(13-15-28)18-21-8-6-5-7-9-21/h5-11,17,19,22H,12-15,18,20H2,1-4H3. The lowest BCUT2D eigenvalue weighted by Gasteiger charge is -2.35. The van der Waals surface area contributed by atoms with Crippen LogP contribution < -0.4 is 9.64 Å². The summed E-state index contributed by atoms with van der Waals surface area (Å²) in [6, 6.07) is 16.4. The molecular weight excluding hydrogens is 432 g/mol. The van der Waals surface area contributed by atoms with Crippen LogP contribution in [0.25, 0.3) is 0 Å². The molecule has 0 radical (unpaired) electrons. The van der Waals surface area contributed by atoms with E-state index in [1.54, 1.807) is 27.9 Å². The van der Waals surface area contributed by atoms with Crippen molar-refractivity contribution in [3.63, 3.8) is 0 Å². The summed E-state index contributed by atoms with van der Waals surface area (Å²) in [6.07, 6.45) is 3.40.